The van der Waals surface area contributed by atoms with E-state index < -0.39 is 87.3 Å². The zero-order chi connectivity index (χ0) is 24.6. The summed E-state index contributed by atoms with van der Waals surface area (Å²) < 4.78 is 120. The second-order valence-electron chi connectivity index (χ2n) is 7.97. The van der Waals surface area contributed by atoms with Gasteiger partial charge in [-0.1, -0.05) is 20.3 Å². The zero-order valence-electron chi connectivity index (χ0n) is 17.7. The molecule has 2 aromatic rings. The van der Waals surface area contributed by atoms with Gasteiger partial charge < -0.3 is 4.74 Å². The number of hydrogen-bond acceptors (Lipinski definition) is 2. The predicted molar refractivity (Wildman–Crippen MR) is 102 cm³/mol. The molecule has 0 spiro atoms. The van der Waals surface area contributed by atoms with Crippen LogP contribution in [0.2, 0.25) is 0 Å². The van der Waals surface area contributed by atoms with Crippen molar-refractivity contribution in [2.75, 3.05) is 0 Å². The summed E-state index contributed by atoms with van der Waals surface area (Å²) in [7, 11) is 0. The van der Waals surface area contributed by atoms with Crippen LogP contribution >= 0.6 is 0 Å². The average molecular weight is 480 g/mol. The van der Waals surface area contributed by atoms with Crippen molar-refractivity contribution in [3.63, 3.8) is 0 Å². The molecule has 2 nitrogen and oxygen atoms in total. The molecule has 3 rings (SSSR count). The second-order valence-corrected chi connectivity index (χ2v) is 7.97. The van der Waals surface area contributed by atoms with E-state index in [-0.39, 0.29) is 0 Å². The quantitative estimate of drug-likeness (QED) is 0.197. The highest BCUT2D eigenvalue weighted by Crippen LogP contribution is 2.41. The van der Waals surface area contributed by atoms with E-state index in [1.807, 2.05) is 6.92 Å². The van der Waals surface area contributed by atoms with Gasteiger partial charge in [-0.15, -0.1) is 0 Å². The van der Waals surface area contributed by atoms with Gasteiger partial charge in [-0.3, -0.25) is 4.79 Å². The maximum absolute atomic E-state index is 14.6. The van der Waals surface area contributed by atoms with Gasteiger partial charge >= 0.3 is 5.97 Å². The second kappa shape index (κ2) is 9.69. The van der Waals surface area contributed by atoms with Gasteiger partial charge in [-0.2, -0.15) is 8.78 Å². The Balaban J connectivity index is 2.05. The Morgan fingerprint density at radius 2 is 1.12 bits per heavy atom. The largest absolute Gasteiger partial charge is 0.420 e. The molecule has 0 saturated heterocycles. The minimum Gasteiger partial charge on any atom is -0.420 e. The minimum atomic E-state index is -2.37. The molecule has 1 aliphatic rings. The van der Waals surface area contributed by atoms with Gasteiger partial charge in [0.05, 0.1) is 17.0 Å². The topological polar surface area (TPSA) is 26.3 Å². The van der Waals surface area contributed by atoms with Crippen LogP contribution in [-0.4, -0.2) is 5.97 Å². The smallest absolute Gasteiger partial charge is 0.314 e. The van der Waals surface area contributed by atoms with Crippen LogP contribution in [0.4, 0.5) is 35.1 Å². The van der Waals surface area contributed by atoms with Crippen LogP contribution in [0, 0.1) is 58.4 Å². The maximum Gasteiger partial charge on any atom is 0.314 e. The molecule has 1 aliphatic carbocycles. The summed E-state index contributed by atoms with van der Waals surface area (Å²) in [5.74, 6) is -20.8. The van der Waals surface area contributed by atoms with Crippen molar-refractivity contribution < 1.29 is 44.7 Å². The molecule has 2 aromatic carbocycles. The van der Waals surface area contributed by atoms with E-state index in [1.165, 1.54) is 6.92 Å². The van der Waals surface area contributed by atoms with Gasteiger partial charge in [-0.25, -0.2) is 26.3 Å². The molecular formula is C23H20F8O2. The van der Waals surface area contributed by atoms with E-state index in [9.17, 15) is 39.9 Å². The third-order valence-electron chi connectivity index (χ3n) is 6.14. The van der Waals surface area contributed by atoms with Crippen LogP contribution in [0.3, 0.4) is 0 Å². The standard InChI is InChI=1S/C23H20F8O2/c1-3-9-5-7-10(8-6-9)23(32)33-22-20(30)18(28)13(19(29)21(22)31)12-16(26)14(24)11(4-2)15(25)17(12)27/h9-10H,3-8H2,1-2H3. The van der Waals surface area contributed by atoms with Crippen LogP contribution in [0.25, 0.3) is 11.1 Å². The number of hydrogen-bond donors (Lipinski definition) is 0. The van der Waals surface area contributed by atoms with Crippen molar-refractivity contribution in [3.8, 4) is 16.9 Å². The Morgan fingerprint density at radius 1 is 0.697 bits per heavy atom. The monoisotopic (exact) mass is 480 g/mol. The number of benzene rings is 2. The van der Waals surface area contributed by atoms with Crippen LogP contribution in [0.5, 0.6) is 5.75 Å². The average Bonchev–Trinajstić information content (AvgIpc) is 2.81. The Bertz CT molecular complexity index is 1030. The van der Waals surface area contributed by atoms with E-state index in [0.29, 0.717) is 31.6 Å². The van der Waals surface area contributed by atoms with Crippen LogP contribution in [-0.2, 0) is 11.2 Å². The normalized spacial score (nSPS) is 18.5. The first kappa shape index (κ1) is 25.0. The lowest BCUT2D eigenvalue weighted by Crippen LogP contribution is -2.26. The molecule has 0 aliphatic heterocycles. The molecule has 0 N–H and O–H groups in total. The molecule has 0 unspecified atom stereocenters. The lowest BCUT2D eigenvalue weighted by Gasteiger charge is -2.26. The first-order valence-electron chi connectivity index (χ1n) is 10.5. The highest BCUT2D eigenvalue weighted by Gasteiger charge is 2.36. The van der Waals surface area contributed by atoms with Crippen molar-refractivity contribution in [2.24, 2.45) is 11.8 Å². The molecule has 1 fully saturated rings. The van der Waals surface area contributed by atoms with E-state index in [1.54, 1.807) is 0 Å². The third-order valence-corrected chi connectivity index (χ3v) is 6.14. The summed E-state index contributed by atoms with van der Waals surface area (Å²) in [6, 6.07) is 0. The van der Waals surface area contributed by atoms with Gasteiger partial charge in [0.25, 0.3) is 0 Å². The van der Waals surface area contributed by atoms with Crippen molar-refractivity contribution >= 4 is 5.97 Å². The van der Waals surface area contributed by atoms with Crippen molar-refractivity contribution in [3.05, 3.63) is 52.1 Å². The van der Waals surface area contributed by atoms with E-state index in [0.717, 1.165) is 6.42 Å². The minimum absolute atomic E-state index is 0.350. The first-order valence-corrected chi connectivity index (χ1v) is 10.5. The van der Waals surface area contributed by atoms with Gasteiger partial charge in [0.1, 0.15) is 0 Å². The molecule has 33 heavy (non-hydrogen) atoms. The summed E-state index contributed by atoms with van der Waals surface area (Å²) in [5, 5.41) is 0. The fourth-order valence-electron chi connectivity index (χ4n) is 4.12. The zero-order valence-corrected chi connectivity index (χ0v) is 17.7. The van der Waals surface area contributed by atoms with Gasteiger partial charge in [0, 0.05) is 5.56 Å². The van der Waals surface area contributed by atoms with Crippen LogP contribution < -0.4 is 4.74 Å². The van der Waals surface area contributed by atoms with Gasteiger partial charge in [0.2, 0.25) is 17.4 Å². The Kier molecular flexibility index (Phi) is 7.33. The molecule has 180 valence electrons. The number of ether oxygens (including phenoxy) is 1. The molecule has 1 saturated carbocycles. The Labute approximate surface area is 184 Å². The molecule has 0 heterocycles. The van der Waals surface area contributed by atoms with Crippen molar-refractivity contribution in [1.29, 1.82) is 0 Å². The number of rotatable bonds is 5. The lowest BCUT2D eigenvalue weighted by atomic mass is 9.81. The lowest BCUT2D eigenvalue weighted by molar-refractivity contribution is -0.140. The molecule has 10 heteroatoms. The summed E-state index contributed by atoms with van der Waals surface area (Å²) in [6.07, 6.45) is 2.40. The fourth-order valence-corrected chi connectivity index (χ4v) is 4.12. The van der Waals surface area contributed by atoms with Gasteiger partial charge in [-0.05, 0) is 38.0 Å². The summed E-state index contributed by atoms with van der Waals surface area (Å²) >= 11 is 0. The third kappa shape index (κ3) is 4.31. The Hall–Kier alpha value is -2.65. The molecular weight excluding hydrogens is 460 g/mol. The predicted octanol–water partition coefficient (Wildman–Crippen LogP) is 7.15. The molecule has 0 atom stereocenters. The summed E-state index contributed by atoms with van der Waals surface area (Å²) in [4.78, 5) is 12.3. The summed E-state index contributed by atoms with van der Waals surface area (Å²) in [6.45, 7) is 3.14. The SMILES string of the molecule is CCc1c(F)c(F)c(-c2c(F)c(F)c(OC(=O)C3CCC(CC)CC3)c(F)c2F)c(F)c1F. The number of esters is 1. The molecule has 0 bridgehead atoms. The number of carbonyl (C=O) groups is 1. The first-order chi connectivity index (χ1) is 15.5. The fraction of sp³-hybridized carbons (Fsp3) is 0.435. The van der Waals surface area contributed by atoms with E-state index in [2.05, 4.69) is 4.74 Å². The van der Waals surface area contributed by atoms with Gasteiger partial charge in [0.15, 0.2) is 34.9 Å². The van der Waals surface area contributed by atoms with Crippen molar-refractivity contribution in [1.82, 2.24) is 0 Å². The molecule has 0 radical (unpaired) electrons. The van der Waals surface area contributed by atoms with Crippen molar-refractivity contribution in [2.45, 2.75) is 52.4 Å². The number of carbonyl (C=O) groups excluding carboxylic acids is 1. The summed E-state index contributed by atoms with van der Waals surface area (Å²) in [5.41, 5.74) is -4.99. The maximum atomic E-state index is 14.6. The van der Waals surface area contributed by atoms with E-state index in [4.69, 9.17) is 0 Å². The molecule has 0 aromatic heterocycles. The van der Waals surface area contributed by atoms with E-state index >= 15 is 0 Å². The van der Waals surface area contributed by atoms with Crippen LogP contribution in [0.1, 0.15) is 51.5 Å². The molecule has 0 amide bonds. The highest BCUT2D eigenvalue weighted by atomic mass is 19.2. The van der Waals surface area contributed by atoms with Crippen LogP contribution in [0.15, 0.2) is 0 Å². The highest BCUT2D eigenvalue weighted by molar-refractivity contribution is 5.76. The number of halogens is 8. The Morgan fingerprint density at radius 3 is 1.52 bits per heavy atom.